The van der Waals surface area contributed by atoms with Crippen LogP contribution < -0.4 is 10.2 Å². The van der Waals surface area contributed by atoms with Crippen LogP contribution in [-0.4, -0.2) is 39.3 Å². The molecule has 4 aromatic rings. The molecule has 0 unspecified atom stereocenters. The summed E-state index contributed by atoms with van der Waals surface area (Å²) >= 11 is 0. The van der Waals surface area contributed by atoms with E-state index >= 15 is 0 Å². The first-order valence-corrected chi connectivity index (χ1v) is 9.95. The van der Waals surface area contributed by atoms with E-state index < -0.39 is 4.92 Å². The summed E-state index contributed by atoms with van der Waals surface area (Å²) in [4.78, 5) is 34.5. The number of anilines is 2. The molecule has 0 spiro atoms. The van der Waals surface area contributed by atoms with Crippen LogP contribution in [0.25, 0.3) is 10.9 Å². The van der Waals surface area contributed by atoms with E-state index in [-0.39, 0.29) is 22.9 Å². The number of rotatable bonds is 7. The predicted octanol–water partition coefficient (Wildman–Crippen LogP) is 3.79. The van der Waals surface area contributed by atoms with Gasteiger partial charge in [-0.05, 0) is 29.8 Å². The molecule has 2 aromatic carbocycles. The van der Waals surface area contributed by atoms with Crippen LogP contribution in [-0.2, 0) is 13.6 Å². The van der Waals surface area contributed by atoms with Crippen LogP contribution in [0.4, 0.5) is 17.2 Å². The van der Waals surface area contributed by atoms with Crippen LogP contribution in [0, 0.1) is 10.1 Å². The summed E-state index contributed by atoms with van der Waals surface area (Å²) in [6.07, 6.45) is 3.16. The second kappa shape index (κ2) is 8.46. The fraction of sp³-hybridized carbons (Fsp3) is 0.174. The Balaban J connectivity index is 1.66. The third kappa shape index (κ3) is 4.00. The predicted molar refractivity (Wildman–Crippen MR) is 123 cm³/mol. The van der Waals surface area contributed by atoms with E-state index in [1.807, 2.05) is 49.3 Å². The van der Waals surface area contributed by atoms with Gasteiger partial charge in [0.2, 0.25) is 5.78 Å². The average molecular weight is 430 g/mol. The van der Waals surface area contributed by atoms with Gasteiger partial charge in [0, 0.05) is 57.1 Å². The number of imidazole rings is 1. The van der Waals surface area contributed by atoms with E-state index in [9.17, 15) is 14.9 Å². The highest BCUT2D eigenvalue weighted by molar-refractivity contribution is 6.07. The molecule has 4 rings (SSSR count). The molecule has 2 heterocycles. The highest BCUT2D eigenvalue weighted by atomic mass is 16.6. The van der Waals surface area contributed by atoms with Crippen molar-refractivity contribution in [1.29, 1.82) is 0 Å². The number of nitro benzene ring substituents is 1. The van der Waals surface area contributed by atoms with Crippen LogP contribution in [0.5, 0.6) is 0 Å². The van der Waals surface area contributed by atoms with Crippen LogP contribution in [0.1, 0.15) is 21.7 Å². The zero-order valence-corrected chi connectivity index (χ0v) is 17.9. The summed E-state index contributed by atoms with van der Waals surface area (Å²) in [5.41, 5.74) is 2.18. The molecule has 0 saturated carbocycles. The zero-order valence-electron chi connectivity index (χ0n) is 17.9. The fourth-order valence-corrected chi connectivity index (χ4v) is 3.48. The van der Waals surface area contributed by atoms with Crippen LogP contribution in [0.2, 0.25) is 0 Å². The van der Waals surface area contributed by atoms with Crippen molar-refractivity contribution in [3.8, 4) is 0 Å². The minimum Gasteiger partial charge on any atom is -0.375 e. The number of benzene rings is 2. The molecule has 1 N–H and O–H groups in total. The lowest BCUT2D eigenvalue weighted by Gasteiger charge is -2.16. The second-order valence-electron chi connectivity index (χ2n) is 7.58. The van der Waals surface area contributed by atoms with E-state index in [0.29, 0.717) is 12.2 Å². The standard InChI is InChI=1S/C23H22N6O3/c1-27(2)21-13-16(17-6-4-5-7-18(17)26-21)14-25-19-9-8-15(12-20(19)29(31)32)22(30)23-24-10-11-28(23)3/h4-13,25H,14H2,1-3H3. The number of nitro groups is 1. The van der Waals surface area contributed by atoms with Crippen molar-refractivity contribution < 1.29 is 9.72 Å². The molecule has 2 aromatic heterocycles. The third-order valence-corrected chi connectivity index (χ3v) is 5.20. The van der Waals surface area contributed by atoms with Crippen molar-refractivity contribution in [1.82, 2.24) is 14.5 Å². The Bertz CT molecular complexity index is 1330. The first kappa shape index (κ1) is 21.0. The Morgan fingerprint density at radius 3 is 2.66 bits per heavy atom. The lowest BCUT2D eigenvalue weighted by molar-refractivity contribution is -0.384. The topological polar surface area (TPSA) is 106 Å². The molecule has 162 valence electrons. The maximum Gasteiger partial charge on any atom is 0.293 e. The summed E-state index contributed by atoms with van der Waals surface area (Å²) in [6, 6.07) is 14.1. The molecule has 0 radical (unpaired) electrons. The number of carbonyl (C=O) groups excluding carboxylic acids is 1. The number of pyridine rings is 1. The normalized spacial score (nSPS) is 10.8. The van der Waals surface area contributed by atoms with Gasteiger partial charge in [-0.3, -0.25) is 14.9 Å². The Hall–Kier alpha value is -4.27. The van der Waals surface area contributed by atoms with Gasteiger partial charge in [-0.2, -0.15) is 0 Å². The number of nitrogens with one attached hydrogen (secondary N) is 1. The molecule has 0 fully saturated rings. The SMILES string of the molecule is CN(C)c1cc(CNc2ccc(C(=O)c3nccn3C)cc2[N+](=O)[O-])c2ccccc2n1. The zero-order chi connectivity index (χ0) is 22.8. The molecule has 9 heteroatoms. The first-order chi connectivity index (χ1) is 15.3. The number of fused-ring (bicyclic) bond motifs is 1. The van der Waals surface area contributed by atoms with Gasteiger partial charge in [-0.25, -0.2) is 9.97 Å². The van der Waals surface area contributed by atoms with Gasteiger partial charge in [-0.1, -0.05) is 18.2 Å². The fourth-order valence-electron chi connectivity index (χ4n) is 3.48. The van der Waals surface area contributed by atoms with E-state index in [2.05, 4.69) is 15.3 Å². The number of aryl methyl sites for hydroxylation is 1. The number of para-hydroxylation sites is 1. The van der Waals surface area contributed by atoms with Crippen LogP contribution in [0.3, 0.4) is 0 Å². The van der Waals surface area contributed by atoms with Crippen molar-refractivity contribution in [3.63, 3.8) is 0 Å². The third-order valence-electron chi connectivity index (χ3n) is 5.20. The molecular weight excluding hydrogens is 408 g/mol. The molecule has 0 aliphatic carbocycles. The van der Waals surface area contributed by atoms with Crippen molar-refractivity contribution in [2.75, 3.05) is 24.3 Å². The quantitative estimate of drug-likeness (QED) is 0.270. The Morgan fingerprint density at radius 1 is 1.19 bits per heavy atom. The number of nitrogens with zero attached hydrogens (tertiary/aromatic N) is 5. The molecule has 0 bridgehead atoms. The van der Waals surface area contributed by atoms with Crippen molar-refractivity contribution >= 4 is 33.9 Å². The minimum absolute atomic E-state index is 0.170. The summed E-state index contributed by atoms with van der Waals surface area (Å²) < 4.78 is 1.58. The summed E-state index contributed by atoms with van der Waals surface area (Å²) in [6.45, 7) is 0.359. The van der Waals surface area contributed by atoms with E-state index in [1.165, 1.54) is 12.3 Å². The average Bonchev–Trinajstić information content (AvgIpc) is 3.22. The Labute approximate surface area is 184 Å². The molecule has 0 aliphatic rings. The number of carbonyl (C=O) groups is 1. The van der Waals surface area contributed by atoms with Gasteiger partial charge in [0.25, 0.3) is 5.69 Å². The molecule has 32 heavy (non-hydrogen) atoms. The van der Waals surface area contributed by atoms with Gasteiger partial charge in [-0.15, -0.1) is 0 Å². The molecule has 0 saturated heterocycles. The molecule has 0 atom stereocenters. The van der Waals surface area contributed by atoms with Gasteiger partial charge in [0.1, 0.15) is 11.5 Å². The van der Waals surface area contributed by atoms with Gasteiger partial charge in [0.05, 0.1) is 10.4 Å². The molecule has 0 aliphatic heterocycles. The smallest absolute Gasteiger partial charge is 0.293 e. The Morgan fingerprint density at radius 2 is 1.97 bits per heavy atom. The number of ketones is 1. The van der Waals surface area contributed by atoms with Crippen LogP contribution >= 0.6 is 0 Å². The number of hydrogen-bond acceptors (Lipinski definition) is 7. The number of aromatic nitrogens is 3. The van der Waals surface area contributed by atoms with Gasteiger partial charge in [0.15, 0.2) is 5.82 Å². The summed E-state index contributed by atoms with van der Waals surface area (Å²) in [5.74, 6) is 0.647. The van der Waals surface area contributed by atoms with Gasteiger partial charge < -0.3 is 14.8 Å². The second-order valence-corrected chi connectivity index (χ2v) is 7.58. The van der Waals surface area contributed by atoms with Crippen molar-refractivity contribution in [3.05, 3.63) is 88.0 Å². The highest BCUT2D eigenvalue weighted by Crippen LogP contribution is 2.29. The van der Waals surface area contributed by atoms with Gasteiger partial charge >= 0.3 is 0 Å². The lowest BCUT2D eigenvalue weighted by Crippen LogP contribution is -2.12. The monoisotopic (exact) mass is 430 g/mol. The largest absolute Gasteiger partial charge is 0.375 e. The molecule has 9 nitrogen and oxygen atoms in total. The Kier molecular flexibility index (Phi) is 5.55. The number of hydrogen-bond donors (Lipinski definition) is 1. The maximum atomic E-state index is 12.7. The first-order valence-electron chi connectivity index (χ1n) is 9.95. The van der Waals surface area contributed by atoms with Crippen molar-refractivity contribution in [2.24, 2.45) is 7.05 Å². The van der Waals surface area contributed by atoms with E-state index in [0.717, 1.165) is 22.3 Å². The van der Waals surface area contributed by atoms with E-state index in [1.54, 1.807) is 29.9 Å². The van der Waals surface area contributed by atoms with E-state index in [4.69, 9.17) is 0 Å². The highest BCUT2D eigenvalue weighted by Gasteiger charge is 2.21. The van der Waals surface area contributed by atoms with Crippen molar-refractivity contribution in [2.45, 2.75) is 6.54 Å². The summed E-state index contributed by atoms with van der Waals surface area (Å²) in [5, 5.41) is 15.9. The van der Waals surface area contributed by atoms with Crippen LogP contribution in [0.15, 0.2) is 60.9 Å². The lowest BCUT2D eigenvalue weighted by atomic mass is 10.1. The minimum atomic E-state index is -0.493. The molecule has 0 amide bonds. The maximum absolute atomic E-state index is 12.7. The molecular formula is C23H22N6O3. The summed E-state index contributed by atoms with van der Waals surface area (Å²) in [7, 11) is 5.53.